The molecule has 0 aromatic carbocycles. The minimum atomic E-state index is 0.442. The molecule has 2 nitrogen and oxygen atoms in total. The number of fused-ring (bicyclic) bond motifs is 5. The van der Waals surface area contributed by atoms with E-state index in [0.717, 1.165) is 11.8 Å². The number of rotatable bonds is 3. The van der Waals surface area contributed by atoms with Crippen LogP contribution in [0.5, 0.6) is 0 Å². The zero-order valence-corrected chi connectivity index (χ0v) is 11.8. The molecule has 0 amide bonds. The topological polar surface area (TPSA) is 25.8 Å². The van der Waals surface area contributed by atoms with Crippen molar-refractivity contribution in [2.24, 2.45) is 22.7 Å². The van der Waals surface area contributed by atoms with E-state index in [9.17, 15) is 0 Å². The van der Waals surface area contributed by atoms with Crippen molar-refractivity contribution in [1.29, 1.82) is 0 Å². The van der Waals surface area contributed by atoms with Gasteiger partial charge in [-0.05, 0) is 41.9 Å². The Bertz CT molecular complexity index is 314. The van der Waals surface area contributed by atoms with Gasteiger partial charge >= 0.3 is 0 Å². The van der Waals surface area contributed by atoms with Gasteiger partial charge in [0.2, 0.25) is 0 Å². The summed E-state index contributed by atoms with van der Waals surface area (Å²) in [7, 11) is 0. The second-order valence-electron chi connectivity index (χ2n) is 7.30. The molecule has 0 aromatic heterocycles. The Hall–Kier alpha value is -0.0800. The lowest BCUT2D eigenvalue weighted by Crippen LogP contribution is -2.90. The van der Waals surface area contributed by atoms with Crippen LogP contribution in [0.3, 0.4) is 0 Å². The summed E-state index contributed by atoms with van der Waals surface area (Å²) >= 11 is 0. The number of nitrogens with two attached hydrogens (primary N) is 1. The average molecular weight is 238 g/mol. The summed E-state index contributed by atoms with van der Waals surface area (Å²) in [5, 5.41) is 2.42. The van der Waals surface area contributed by atoms with Gasteiger partial charge in [0.1, 0.15) is 0 Å². The van der Waals surface area contributed by atoms with Crippen molar-refractivity contribution in [2.75, 3.05) is 6.54 Å². The first-order valence-corrected chi connectivity index (χ1v) is 7.49. The molecule has 5 atom stereocenters. The molecule has 3 aliphatic rings. The first-order valence-electron chi connectivity index (χ1n) is 7.49. The van der Waals surface area contributed by atoms with Crippen LogP contribution in [-0.2, 0) is 4.74 Å². The standard InChI is InChI=1S/C15H27NO/c1-5-8-16-12-9-10-11-6-7-15(4,13(10)17-12)14(11,2)3/h10-13,16H,5-9H2,1-4H3/p+1/t10-,11-,12-,13-,15+/m1/s1. The van der Waals surface area contributed by atoms with Gasteiger partial charge in [-0.2, -0.15) is 0 Å². The van der Waals surface area contributed by atoms with E-state index >= 15 is 0 Å². The van der Waals surface area contributed by atoms with E-state index in [-0.39, 0.29) is 0 Å². The van der Waals surface area contributed by atoms with Crippen molar-refractivity contribution < 1.29 is 10.1 Å². The fraction of sp³-hybridized carbons (Fsp3) is 1.00. The molecule has 2 bridgehead atoms. The van der Waals surface area contributed by atoms with Crippen LogP contribution >= 0.6 is 0 Å². The van der Waals surface area contributed by atoms with E-state index in [1.165, 1.54) is 32.2 Å². The monoisotopic (exact) mass is 238 g/mol. The van der Waals surface area contributed by atoms with Crippen LogP contribution in [0.1, 0.15) is 53.4 Å². The Morgan fingerprint density at radius 2 is 2.06 bits per heavy atom. The molecule has 2 heteroatoms. The molecular formula is C15H28NO+. The molecule has 98 valence electrons. The molecule has 2 aliphatic carbocycles. The summed E-state index contributed by atoms with van der Waals surface area (Å²) in [4.78, 5) is 0. The Balaban J connectivity index is 1.76. The van der Waals surface area contributed by atoms with Gasteiger partial charge in [0.25, 0.3) is 0 Å². The Labute approximate surface area is 105 Å². The van der Waals surface area contributed by atoms with Crippen LogP contribution in [0.25, 0.3) is 0 Å². The fourth-order valence-corrected chi connectivity index (χ4v) is 5.06. The normalized spacial score (nSPS) is 50.8. The predicted octanol–water partition coefficient (Wildman–Crippen LogP) is 2.15. The first kappa shape index (κ1) is 12.0. The van der Waals surface area contributed by atoms with Gasteiger partial charge in [-0.3, -0.25) is 0 Å². The van der Waals surface area contributed by atoms with E-state index in [1.807, 2.05) is 0 Å². The lowest BCUT2D eigenvalue weighted by Gasteiger charge is -2.38. The van der Waals surface area contributed by atoms with Crippen LogP contribution in [-0.4, -0.2) is 18.9 Å². The highest BCUT2D eigenvalue weighted by Crippen LogP contribution is 2.70. The summed E-state index contributed by atoms with van der Waals surface area (Å²) in [6.45, 7) is 10.9. The zero-order chi connectivity index (χ0) is 12.3. The van der Waals surface area contributed by atoms with Crippen molar-refractivity contribution in [3.63, 3.8) is 0 Å². The van der Waals surface area contributed by atoms with E-state index in [1.54, 1.807) is 0 Å². The van der Waals surface area contributed by atoms with Gasteiger partial charge in [0.05, 0.1) is 12.6 Å². The molecule has 0 aromatic rings. The highest BCUT2D eigenvalue weighted by molar-refractivity contribution is 5.16. The predicted molar refractivity (Wildman–Crippen MR) is 68.5 cm³/mol. The molecule has 0 radical (unpaired) electrons. The molecular weight excluding hydrogens is 210 g/mol. The zero-order valence-electron chi connectivity index (χ0n) is 11.8. The van der Waals surface area contributed by atoms with E-state index in [2.05, 4.69) is 33.0 Å². The first-order chi connectivity index (χ1) is 8.00. The molecule has 3 fully saturated rings. The van der Waals surface area contributed by atoms with Crippen LogP contribution in [0.2, 0.25) is 0 Å². The summed E-state index contributed by atoms with van der Waals surface area (Å²) in [5.74, 6) is 1.76. The van der Waals surface area contributed by atoms with Crippen LogP contribution in [0, 0.1) is 22.7 Å². The van der Waals surface area contributed by atoms with Crippen molar-refractivity contribution in [3.05, 3.63) is 0 Å². The van der Waals surface area contributed by atoms with Crippen molar-refractivity contribution in [2.45, 2.75) is 65.7 Å². The lowest BCUT2D eigenvalue weighted by molar-refractivity contribution is -0.724. The van der Waals surface area contributed by atoms with Gasteiger partial charge < -0.3 is 10.1 Å². The van der Waals surface area contributed by atoms with E-state index in [4.69, 9.17) is 4.74 Å². The third-order valence-electron chi connectivity index (χ3n) is 6.45. The Kier molecular flexibility index (Phi) is 2.61. The van der Waals surface area contributed by atoms with Gasteiger partial charge in [0.15, 0.2) is 6.23 Å². The fourth-order valence-electron chi connectivity index (χ4n) is 5.06. The summed E-state index contributed by atoms with van der Waals surface area (Å²) < 4.78 is 6.40. The molecule has 2 saturated carbocycles. The third-order valence-corrected chi connectivity index (χ3v) is 6.45. The van der Waals surface area contributed by atoms with E-state index < -0.39 is 0 Å². The van der Waals surface area contributed by atoms with Crippen LogP contribution in [0.15, 0.2) is 0 Å². The highest BCUT2D eigenvalue weighted by Gasteiger charge is 2.69. The maximum Gasteiger partial charge on any atom is 0.190 e. The van der Waals surface area contributed by atoms with Crippen molar-refractivity contribution in [3.8, 4) is 0 Å². The second-order valence-corrected chi connectivity index (χ2v) is 7.30. The number of quaternary nitrogens is 1. The Morgan fingerprint density at radius 1 is 1.29 bits per heavy atom. The lowest BCUT2D eigenvalue weighted by atomic mass is 9.70. The van der Waals surface area contributed by atoms with Crippen molar-refractivity contribution in [1.82, 2.24) is 0 Å². The van der Waals surface area contributed by atoms with Gasteiger partial charge in [-0.1, -0.05) is 27.7 Å². The molecule has 2 N–H and O–H groups in total. The SMILES string of the molecule is CCC[NH2+][C@H]1C[C@@H]2[C@H]3CC[C@@](C)([C@@H]2O1)C3(C)C. The maximum atomic E-state index is 6.40. The maximum absolute atomic E-state index is 6.40. The molecule has 3 rings (SSSR count). The smallest absolute Gasteiger partial charge is 0.190 e. The van der Waals surface area contributed by atoms with Gasteiger partial charge in [-0.15, -0.1) is 0 Å². The Morgan fingerprint density at radius 3 is 2.71 bits per heavy atom. The minimum Gasteiger partial charge on any atom is -0.325 e. The molecule has 1 heterocycles. The summed E-state index contributed by atoms with van der Waals surface area (Å²) in [6, 6.07) is 0. The van der Waals surface area contributed by atoms with Crippen LogP contribution < -0.4 is 5.32 Å². The van der Waals surface area contributed by atoms with Gasteiger partial charge in [0, 0.05) is 6.42 Å². The van der Waals surface area contributed by atoms with Crippen molar-refractivity contribution >= 4 is 0 Å². The average Bonchev–Trinajstić information content (AvgIpc) is 2.83. The molecule has 0 unspecified atom stereocenters. The van der Waals surface area contributed by atoms with Crippen LogP contribution in [0.4, 0.5) is 0 Å². The molecule has 17 heavy (non-hydrogen) atoms. The quantitative estimate of drug-likeness (QED) is 0.801. The molecule has 1 aliphatic heterocycles. The third kappa shape index (κ3) is 1.40. The number of hydrogen-bond donors (Lipinski definition) is 1. The van der Waals surface area contributed by atoms with E-state index in [0.29, 0.717) is 23.2 Å². The van der Waals surface area contributed by atoms with Gasteiger partial charge in [-0.25, -0.2) is 0 Å². The number of hydrogen-bond acceptors (Lipinski definition) is 1. The second kappa shape index (κ2) is 3.71. The molecule has 1 saturated heterocycles. The largest absolute Gasteiger partial charge is 0.325 e. The summed E-state index contributed by atoms with van der Waals surface area (Å²) in [6.07, 6.45) is 6.38. The number of ether oxygens (including phenoxy) is 1. The minimum absolute atomic E-state index is 0.442. The molecule has 0 spiro atoms. The highest BCUT2D eigenvalue weighted by atomic mass is 16.5. The summed E-state index contributed by atoms with van der Waals surface area (Å²) in [5.41, 5.74) is 0.940.